The molecule has 0 aliphatic carbocycles. The standard InChI is InChI=1S/C13H15NO/c1-8-5-6-12(7-9(8)2)13-10(3)14-15-11(13)4/h5-7H,1-4H3. The van der Waals surface area contributed by atoms with E-state index in [0.717, 1.165) is 17.0 Å². The molecule has 0 aliphatic heterocycles. The quantitative estimate of drug-likeness (QED) is 0.704. The first-order valence-corrected chi connectivity index (χ1v) is 5.10. The SMILES string of the molecule is Cc1ccc(-c2c(C)noc2C)cc1C. The van der Waals surface area contributed by atoms with Crippen molar-refractivity contribution in [2.75, 3.05) is 0 Å². The van der Waals surface area contributed by atoms with Crippen LogP contribution in [0.3, 0.4) is 0 Å². The third kappa shape index (κ3) is 1.67. The molecule has 1 heterocycles. The molecule has 0 unspecified atom stereocenters. The molecular weight excluding hydrogens is 186 g/mol. The summed E-state index contributed by atoms with van der Waals surface area (Å²) in [7, 11) is 0. The molecule has 0 saturated heterocycles. The highest BCUT2D eigenvalue weighted by molar-refractivity contribution is 5.68. The maximum atomic E-state index is 5.17. The maximum Gasteiger partial charge on any atom is 0.141 e. The van der Waals surface area contributed by atoms with Crippen molar-refractivity contribution in [3.8, 4) is 11.1 Å². The van der Waals surface area contributed by atoms with Crippen LogP contribution in [0, 0.1) is 27.7 Å². The van der Waals surface area contributed by atoms with E-state index in [1.807, 2.05) is 13.8 Å². The normalized spacial score (nSPS) is 10.7. The summed E-state index contributed by atoms with van der Waals surface area (Å²) < 4.78 is 5.17. The lowest BCUT2D eigenvalue weighted by molar-refractivity contribution is 0.393. The van der Waals surface area contributed by atoms with Gasteiger partial charge in [0.05, 0.1) is 5.69 Å². The van der Waals surface area contributed by atoms with Gasteiger partial charge in [0.25, 0.3) is 0 Å². The molecule has 2 nitrogen and oxygen atoms in total. The van der Waals surface area contributed by atoms with Gasteiger partial charge in [-0.05, 0) is 44.4 Å². The van der Waals surface area contributed by atoms with E-state index < -0.39 is 0 Å². The van der Waals surface area contributed by atoms with Crippen LogP contribution in [0.1, 0.15) is 22.6 Å². The molecule has 2 rings (SSSR count). The van der Waals surface area contributed by atoms with E-state index in [1.165, 1.54) is 16.7 Å². The van der Waals surface area contributed by atoms with Crippen molar-refractivity contribution in [2.24, 2.45) is 0 Å². The van der Waals surface area contributed by atoms with E-state index in [9.17, 15) is 0 Å². The molecule has 0 radical (unpaired) electrons. The molecule has 78 valence electrons. The summed E-state index contributed by atoms with van der Waals surface area (Å²) in [6.07, 6.45) is 0. The maximum absolute atomic E-state index is 5.17. The van der Waals surface area contributed by atoms with Crippen molar-refractivity contribution in [3.63, 3.8) is 0 Å². The number of aryl methyl sites for hydroxylation is 4. The Bertz CT molecular complexity index is 478. The van der Waals surface area contributed by atoms with Crippen LogP contribution >= 0.6 is 0 Å². The Morgan fingerprint density at radius 1 is 1.00 bits per heavy atom. The monoisotopic (exact) mass is 201 g/mol. The van der Waals surface area contributed by atoms with Crippen molar-refractivity contribution in [1.29, 1.82) is 0 Å². The molecule has 0 atom stereocenters. The molecular formula is C13H15NO. The zero-order valence-electron chi connectivity index (χ0n) is 9.59. The van der Waals surface area contributed by atoms with Gasteiger partial charge in [0.15, 0.2) is 0 Å². The smallest absolute Gasteiger partial charge is 0.141 e. The lowest BCUT2D eigenvalue weighted by atomic mass is 9.99. The fourth-order valence-corrected chi connectivity index (χ4v) is 1.79. The van der Waals surface area contributed by atoms with E-state index in [-0.39, 0.29) is 0 Å². The predicted octanol–water partition coefficient (Wildman–Crippen LogP) is 3.58. The van der Waals surface area contributed by atoms with E-state index in [4.69, 9.17) is 4.52 Å². The van der Waals surface area contributed by atoms with Crippen LogP contribution in [0.4, 0.5) is 0 Å². The fraction of sp³-hybridized carbons (Fsp3) is 0.308. The molecule has 0 aliphatic rings. The molecule has 1 aromatic heterocycles. The molecule has 0 amide bonds. The highest BCUT2D eigenvalue weighted by Gasteiger charge is 2.11. The third-order valence-corrected chi connectivity index (χ3v) is 2.83. The van der Waals surface area contributed by atoms with Crippen LogP contribution in [-0.2, 0) is 0 Å². The molecule has 2 heteroatoms. The Morgan fingerprint density at radius 2 is 1.73 bits per heavy atom. The minimum Gasteiger partial charge on any atom is -0.361 e. The predicted molar refractivity (Wildman–Crippen MR) is 60.9 cm³/mol. The number of benzene rings is 1. The van der Waals surface area contributed by atoms with E-state index in [2.05, 4.69) is 37.2 Å². The summed E-state index contributed by atoms with van der Waals surface area (Å²) >= 11 is 0. The van der Waals surface area contributed by atoms with Gasteiger partial charge in [0, 0.05) is 5.56 Å². The van der Waals surface area contributed by atoms with Crippen LogP contribution < -0.4 is 0 Å². The fourth-order valence-electron chi connectivity index (χ4n) is 1.79. The number of aromatic nitrogens is 1. The Labute approximate surface area is 89.9 Å². The second-order valence-electron chi connectivity index (χ2n) is 4.00. The Hall–Kier alpha value is -1.57. The highest BCUT2D eigenvalue weighted by Crippen LogP contribution is 2.28. The van der Waals surface area contributed by atoms with Gasteiger partial charge in [-0.1, -0.05) is 23.4 Å². The number of nitrogens with zero attached hydrogens (tertiary/aromatic N) is 1. The largest absolute Gasteiger partial charge is 0.361 e. The van der Waals surface area contributed by atoms with Gasteiger partial charge >= 0.3 is 0 Å². The van der Waals surface area contributed by atoms with Crippen LogP contribution in [0.15, 0.2) is 22.7 Å². The summed E-state index contributed by atoms with van der Waals surface area (Å²) in [5.41, 5.74) is 5.88. The summed E-state index contributed by atoms with van der Waals surface area (Å²) in [6, 6.07) is 6.44. The zero-order chi connectivity index (χ0) is 11.0. The van der Waals surface area contributed by atoms with Gasteiger partial charge < -0.3 is 4.52 Å². The van der Waals surface area contributed by atoms with E-state index in [0.29, 0.717) is 0 Å². The molecule has 0 bridgehead atoms. The molecule has 0 fully saturated rings. The molecule has 1 aromatic carbocycles. The van der Waals surface area contributed by atoms with E-state index in [1.54, 1.807) is 0 Å². The summed E-state index contributed by atoms with van der Waals surface area (Å²) in [5, 5.41) is 3.97. The second kappa shape index (κ2) is 3.54. The van der Waals surface area contributed by atoms with Crippen molar-refractivity contribution in [1.82, 2.24) is 5.16 Å². The van der Waals surface area contributed by atoms with Crippen molar-refractivity contribution in [2.45, 2.75) is 27.7 Å². The van der Waals surface area contributed by atoms with Gasteiger partial charge in [-0.2, -0.15) is 0 Å². The highest BCUT2D eigenvalue weighted by atomic mass is 16.5. The van der Waals surface area contributed by atoms with Crippen LogP contribution in [0.5, 0.6) is 0 Å². The van der Waals surface area contributed by atoms with Crippen LogP contribution in [-0.4, -0.2) is 5.16 Å². The average molecular weight is 201 g/mol. The third-order valence-electron chi connectivity index (χ3n) is 2.83. The summed E-state index contributed by atoms with van der Waals surface area (Å²) in [5.74, 6) is 0.885. The van der Waals surface area contributed by atoms with E-state index >= 15 is 0 Å². The Balaban J connectivity index is 2.59. The minimum atomic E-state index is 0.885. The number of hydrogen-bond donors (Lipinski definition) is 0. The summed E-state index contributed by atoms with van der Waals surface area (Å²) in [6.45, 7) is 8.16. The number of rotatable bonds is 1. The number of hydrogen-bond acceptors (Lipinski definition) is 2. The van der Waals surface area contributed by atoms with Gasteiger partial charge in [-0.3, -0.25) is 0 Å². The molecule has 0 N–H and O–H groups in total. The van der Waals surface area contributed by atoms with Gasteiger partial charge in [-0.15, -0.1) is 0 Å². The Morgan fingerprint density at radius 3 is 2.27 bits per heavy atom. The molecule has 0 spiro atoms. The van der Waals surface area contributed by atoms with Crippen molar-refractivity contribution < 1.29 is 4.52 Å². The first-order valence-electron chi connectivity index (χ1n) is 5.10. The second-order valence-corrected chi connectivity index (χ2v) is 4.00. The van der Waals surface area contributed by atoms with Crippen molar-refractivity contribution in [3.05, 3.63) is 40.8 Å². The van der Waals surface area contributed by atoms with Crippen molar-refractivity contribution >= 4 is 0 Å². The molecule has 15 heavy (non-hydrogen) atoms. The average Bonchev–Trinajstić information content (AvgIpc) is 2.52. The molecule has 2 aromatic rings. The van der Waals surface area contributed by atoms with Gasteiger partial charge in [0.2, 0.25) is 0 Å². The zero-order valence-corrected chi connectivity index (χ0v) is 9.59. The first-order chi connectivity index (χ1) is 7.09. The topological polar surface area (TPSA) is 26.0 Å². The first kappa shape index (κ1) is 9.97. The van der Waals surface area contributed by atoms with Crippen LogP contribution in [0.25, 0.3) is 11.1 Å². The minimum absolute atomic E-state index is 0.885. The lowest BCUT2D eigenvalue weighted by Gasteiger charge is -2.04. The van der Waals surface area contributed by atoms with Gasteiger partial charge in [0.1, 0.15) is 5.76 Å². The lowest BCUT2D eigenvalue weighted by Crippen LogP contribution is -1.85. The molecule has 0 saturated carbocycles. The Kier molecular flexibility index (Phi) is 2.35. The van der Waals surface area contributed by atoms with Gasteiger partial charge in [-0.25, -0.2) is 0 Å². The van der Waals surface area contributed by atoms with Crippen LogP contribution in [0.2, 0.25) is 0 Å². The summed E-state index contributed by atoms with van der Waals surface area (Å²) in [4.78, 5) is 0.